The van der Waals surface area contributed by atoms with Gasteiger partial charge in [0, 0.05) is 18.1 Å². The second kappa shape index (κ2) is 8.51. The number of likely N-dealkylation sites (N-methyl/N-ethyl adjacent to an activating group) is 1. The number of benzene rings is 1. The van der Waals surface area contributed by atoms with Crippen LogP contribution in [-0.4, -0.2) is 37.6 Å². The molecule has 2 nitrogen and oxygen atoms in total. The van der Waals surface area contributed by atoms with E-state index in [1.54, 1.807) is 0 Å². The summed E-state index contributed by atoms with van der Waals surface area (Å²) in [5.74, 6) is 0. The van der Waals surface area contributed by atoms with E-state index < -0.39 is 0 Å². The van der Waals surface area contributed by atoms with E-state index in [0.29, 0.717) is 0 Å². The zero-order valence-electron chi connectivity index (χ0n) is 10.9. The van der Waals surface area contributed by atoms with Gasteiger partial charge < -0.3 is 10.2 Å². The molecule has 0 saturated heterocycles. The Kier molecular flexibility index (Phi) is 7.25. The first-order valence-corrected chi connectivity index (χ1v) is 6.82. The Hall–Kier alpha value is -0.570. The van der Waals surface area contributed by atoms with Crippen molar-refractivity contribution in [3.63, 3.8) is 0 Å². The lowest BCUT2D eigenvalue weighted by Gasteiger charge is -2.18. The molecule has 0 aliphatic rings. The second-order valence-electron chi connectivity index (χ2n) is 4.12. The first kappa shape index (κ1) is 14.5. The Morgan fingerprint density at radius 2 is 1.82 bits per heavy atom. The Morgan fingerprint density at radius 3 is 2.47 bits per heavy atom. The largest absolute Gasteiger partial charge is 0.315 e. The van der Waals surface area contributed by atoms with Gasteiger partial charge >= 0.3 is 0 Å². The quantitative estimate of drug-likeness (QED) is 0.718. The van der Waals surface area contributed by atoms with Crippen LogP contribution in [0.4, 0.5) is 0 Å². The molecule has 1 rings (SSSR count). The highest BCUT2D eigenvalue weighted by Crippen LogP contribution is 2.14. The third-order valence-electron chi connectivity index (χ3n) is 3.03. The zero-order valence-corrected chi connectivity index (χ0v) is 11.6. The van der Waals surface area contributed by atoms with Crippen LogP contribution < -0.4 is 5.32 Å². The predicted octanol–water partition coefficient (Wildman–Crippen LogP) is 2.81. The minimum Gasteiger partial charge on any atom is -0.315 e. The smallest absolute Gasteiger partial charge is 0.0438 e. The molecular formula is C14H23ClN2. The van der Waals surface area contributed by atoms with Crippen LogP contribution >= 0.6 is 11.6 Å². The highest BCUT2D eigenvalue weighted by Gasteiger charge is 1.99. The summed E-state index contributed by atoms with van der Waals surface area (Å²) in [5, 5.41) is 4.33. The van der Waals surface area contributed by atoms with Crippen LogP contribution in [0, 0.1) is 0 Å². The molecule has 0 radical (unpaired) electrons. The fourth-order valence-electron chi connectivity index (χ4n) is 1.83. The van der Waals surface area contributed by atoms with Gasteiger partial charge in [-0.3, -0.25) is 0 Å². The minimum atomic E-state index is 0.873. The normalized spacial score (nSPS) is 11.1. The van der Waals surface area contributed by atoms with E-state index in [0.717, 1.165) is 44.2 Å². The monoisotopic (exact) mass is 254 g/mol. The average Bonchev–Trinajstić information content (AvgIpc) is 2.36. The summed E-state index contributed by atoms with van der Waals surface area (Å²) < 4.78 is 0. The van der Waals surface area contributed by atoms with Gasteiger partial charge in [0.05, 0.1) is 0 Å². The Labute approximate surface area is 110 Å². The summed E-state index contributed by atoms with van der Waals surface area (Å²) in [7, 11) is 0. The van der Waals surface area contributed by atoms with Crippen LogP contribution in [0.5, 0.6) is 0 Å². The van der Waals surface area contributed by atoms with Crippen molar-refractivity contribution in [2.45, 2.75) is 20.3 Å². The summed E-state index contributed by atoms with van der Waals surface area (Å²) in [5.41, 5.74) is 1.23. The topological polar surface area (TPSA) is 15.3 Å². The van der Waals surface area contributed by atoms with Crippen LogP contribution in [0.15, 0.2) is 24.3 Å². The average molecular weight is 255 g/mol. The molecule has 1 aromatic carbocycles. The molecule has 3 heteroatoms. The number of halogens is 1. The second-order valence-corrected chi connectivity index (χ2v) is 4.53. The van der Waals surface area contributed by atoms with Crippen LogP contribution in [0.3, 0.4) is 0 Å². The standard InChI is InChI=1S/C14H23ClN2/c1-3-17(4-2)12-11-16-10-9-13-7-5-6-8-14(13)15/h5-8,16H,3-4,9-12H2,1-2H3. The summed E-state index contributed by atoms with van der Waals surface area (Å²) >= 11 is 6.10. The lowest BCUT2D eigenvalue weighted by Crippen LogP contribution is -2.32. The van der Waals surface area contributed by atoms with Crippen LogP contribution in [0.1, 0.15) is 19.4 Å². The van der Waals surface area contributed by atoms with Crippen molar-refractivity contribution in [3.05, 3.63) is 34.9 Å². The maximum Gasteiger partial charge on any atom is 0.0438 e. The molecule has 0 bridgehead atoms. The highest BCUT2D eigenvalue weighted by atomic mass is 35.5. The zero-order chi connectivity index (χ0) is 12.5. The molecule has 0 aliphatic heterocycles. The molecule has 0 heterocycles. The van der Waals surface area contributed by atoms with Gasteiger partial charge in [0.25, 0.3) is 0 Å². The molecule has 96 valence electrons. The molecule has 1 aromatic rings. The van der Waals surface area contributed by atoms with E-state index >= 15 is 0 Å². The van der Waals surface area contributed by atoms with Crippen molar-refractivity contribution in [2.75, 3.05) is 32.7 Å². The molecule has 0 aromatic heterocycles. The highest BCUT2D eigenvalue weighted by molar-refractivity contribution is 6.31. The number of hydrogen-bond acceptors (Lipinski definition) is 2. The van der Waals surface area contributed by atoms with E-state index in [-0.39, 0.29) is 0 Å². The van der Waals surface area contributed by atoms with Crippen molar-refractivity contribution in [1.29, 1.82) is 0 Å². The van der Waals surface area contributed by atoms with Gasteiger partial charge in [-0.15, -0.1) is 0 Å². The van der Waals surface area contributed by atoms with Crippen molar-refractivity contribution in [3.8, 4) is 0 Å². The van der Waals surface area contributed by atoms with E-state index in [1.165, 1.54) is 5.56 Å². The minimum absolute atomic E-state index is 0.873. The summed E-state index contributed by atoms with van der Waals surface area (Å²) in [6.07, 6.45) is 0.998. The van der Waals surface area contributed by atoms with Crippen molar-refractivity contribution in [1.82, 2.24) is 10.2 Å². The van der Waals surface area contributed by atoms with Gasteiger partial charge in [-0.1, -0.05) is 43.6 Å². The Bertz CT molecular complexity index is 311. The molecule has 0 atom stereocenters. The molecule has 1 N–H and O–H groups in total. The van der Waals surface area contributed by atoms with E-state index in [2.05, 4.69) is 30.1 Å². The SMILES string of the molecule is CCN(CC)CCNCCc1ccccc1Cl. The first-order valence-electron chi connectivity index (χ1n) is 6.44. The Morgan fingerprint density at radius 1 is 1.12 bits per heavy atom. The van der Waals surface area contributed by atoms with Gasteiger partial charge in [0.15, 0.2) is 0 Å². The molecular weight excluding hydrogens is 232 g/mol. The third kappa shape index (κ3) is 5.53. The summed E-state index contributed by atoms with van der Waals surface area (Å²) in [4.78, 5) is 2.42. The number of nitrogens with zero attached hydrogens (tertiary/aromatic N) is 1. The lowest BCUT2D eigenvalue weighted by atomic mass is 10.1. The van der Waals surface area contributed by atoms with Crippen molar-refractivity contribution < 1.29 is 0 Å². The summed E-state index contributed by atoms with van der Waals surface area (Å²) in [6, 6.07) is 8.05. The lowest BCUT2D eigenvalue weighted by molar-refractivity contribution is 0.303. The van der Waals surface area contributed by atoms with Crippen LogP contribution in [0.25, 0.3) is 0 Å². The van der Waals surface area contributed by atoms with E-state index in [1.807, 2.05) is 18.2 Å². The first-order chi connectivity index (χ1) is 8.27. The van der Waals surface area contributed by atoms with Gasteiger partial charge in [-0.2, -0.15) is 0 Å². The number of hydrogen-bond donors (Lipinski definition) is 1. The number of rotatable bonds is 8. The molecule has 0 fully saturated rings. The number of nitrogens with one attached hydrogen (secondary N) is 1. The molecule has 0 amide bonds. The fraction of sp³-hybridized carbons (Fsp3) is 0.571. The fourth-order valence-corrected chi connectivity index (χ4v) is 2.06. The van der Waals surface area contributed by atoms with Crippen LogP contribution in [-0.2, 0) is 6.42 Å². The van der Waals surface area contributed by atoms with Gasteiger partial charge in [0.2, 0.25) is 0 Å². The molecule has 0 aliphatic carbocycles. The van der Waals surface area contributed by atoms with E-state index in [9.17, 15) is 0 Å². The molecule has 0 spiro atoms. The third-order valence-corrected chi connectivity index (χ3v) is 3.40. The van der Waals surface area contributed by atoms with Gasteiger partial charge in [0.1, 0.15) is 0 Å². The van der Waals surface area contributed by atoms with Crippen LogP contribution in [0.2, 0.25) is 5.02 Å². The van der Waals surface area contributed by atoms with Gasteiger partial charge in [-0.25, -0.2) is 0 Å². The summed E-state index contributed by atoms with van der Waals surface area (Å²) in [6.45, 7) is 9.82. The molecule has 17 heavy (non-hydrogen) atoms. The Balaban J connectivity index is 2.14. The maximum absolute atomic E-state index is 6.10. The maximum atomic E-state index is 6.10. The van der Waals surface area contributed by atoms with Crippen molar-refractivity contribution >= 4 is 11.6 Å². The van der Waals surface area contributed by atoms with Gasteiger partial charge in [-0.05, 0) is 37.7 Å². The van der Waals surface area contributed by atoms with Crippen molar-refractivity contribution in [2.24, 2.45) is 0 Å². The predicted molar refractivity (Wildman–Crippen MR) is 75.8 cm³/mol. The van der Waals surface area contributed by atoms with E-state index in [4.69, 9.17) is 11.6 Å². The molecule has 0 saturated carbocycles. The molecule has 0 unspecified atom stereocenters.